The average Bonchev–Trinajstić information content (AvgIpc) is 2.56. The molecule has 0 amide bonds. The van der Waals surface area contributed by atoms with Gasteiger partial charge in [-0.1, -0.05) is 26.0 Å². The molecule has 1 aliphatic heterocycles. The second-order valence-electron chi connectivity index (χ2n) is 6.12. The molecule has 0 aromatic heterocycles. The van der Waals surface area contributed by atoms with Crippen molar-refractivity contribution >= 4 is 5.97 Å². The Balaban J connectivity index is 2.15. The molecule has 1 fully saturated rings. The SMILES string of the molecule is COC(=O)c1c(C(C)C)ccc(C)c1OCCN1CCOCC1. The monoisotopic (exact) mass is 321 g/mol. The van der Waals surface area contributed by atoms with E-state index in [4.69, 9.17) is 14.2 Å². The fourth-order valence-electron chi connectivity index (χ4n) is 2.78. The number of methoxy groups -OCH3 is 1. The summed E-state index contributed by atoms with van der Waals surface area (Å²) in [5.41, 5.74) is 2.48. The average molecular weight is 321 g/mol. The lowest BCUT2D eigenvalue weighted by molar-refractivity contribution is 0.0320. The number of nitrogens with zero attached hydrogens (tertiary/aromatic N) is 1. The molecule has 0 radical (unpaired) electrons. The van der Waals surface area contributed by atoms with Crippen molar-refractivity contribution in [2.24, 2.45) is 0 Å². The van der Waals surface area contributed by atoms with Crippen LogP contribution in [0.5, 0.6) is 5.75 Å². The van der Waals surface area contributed by atoms with Crippen LogP contribution in [0.25, 0.3) is 0 Å². The standard InChI is InChI=1S/C18H27NO4/c1-13(2)15-6-5-14(3)17(16(15)18(20)21-4)23-12-9-19-7-10-22-11-8-19/h5-6,13H,7-12H2,1-4H3. The van der Waals surface area contributed by atoms with Gasteiger partial charge in [0, 0.05) is 19.6 Å². The molecule has 0 atom stereocenters. The zero-order valence-corrected chi connectivity index (χ0v) is 14.6. The Kier molecular flexibility index (Phi) is 6.42. The molecule has 23 heavy (non-hydrogen) atoms. The first kappa shape index (κ1) is 17.8. The first-order valence-corrected chi connectivity index (χ1v) is 8.19. The van der Waals surface area contributed by atoms with Gasteiger partial charge >= 0.3 is 5.97 Å². The van der Waals surface area contributed by atoms with Gasteiger partial charge in [0.1, 0.15) is 17.9 Å². The number of rotatable bonds is 6. The fourth-order valence-corrected chi connectivity index (χ4v) is 2.78. The van der Waals surface area contributed by atoms with E-state index in [0.717, 1.165) is 44.0 Å². The molecule has 1 aliphatic rings. The van der Waals surface area contributed by atoms with E-state index >= 15 is 0 Å². The molecule has 1 aromatic rings. The molecule has 0 aliphatic carbocycles. The number of hydrogen-bond donors (Lipinski definition) is 0. The van der Waals surface area contributed by atoms with Crippen molar-refractivity contribution in [3.05, 3.63) is 28.8 Å². The van der Waals surface area contributed by atoms with Crippen LogP contribution in [0, 0.1) is 6.92 Å². The highest BCUT2D eigenvalue weighted by Crippen LogP contribution is 2.32. The maximum absolute atomic E-state index is 12.2. The molecule has 1 aromatic carbocycles. The second-order valence-corrected chi connectivity index (χ2v) is 6.12. The topological polar surface area (TPSA) is 48.0 Å². The van der Waals surface area contributed by atoms with E-state index in [1.807, 2.05) is 19.1 Å². The second kappa shape index (κ2) is 8.31. The van der Waals surface area contributed by atoms with Gasteiger partial charge in [0.15, 0.2) is 0 Å². The van der Waals surface area contributed by atoms with Gasteiger partial charge in [0.05, 0.1) is 20.3 Å². The molecule has 0 N–H and O–H groups in total. The minimum atomic E-state index is -0.334. The van der Waals surface area contributed by atoms with Crippen LogP contribution in [-0.2, 0) is 9.47 Å². The molecule has 0 unspecified atom stereocenters. The number of esters is 1. The first-order valence-electron chi connectivity index (χ1n) is 8.19. The van der Waals surface area contributed by atoms with E-state index < -0.39 is 0 Å². The van der Waals surface area contributed by atoms with Crippen molar-refractivity contribution in [2.75, 3.05) is 46.6 Å². The van der Waals surface area contributed by atoms with Crippen LogP contribution in [0.15, 0.2) is 12.1 Å². The first-order chi connectivity index (χ1) is 11.0. The van der Waals surface area contributed by atoms with Crippen LogP contribution in [0.4, 0.5) is 0 Å². The number of carbonyl (C=O) groups excluding carboxylic acids is 1. The van der Waals surface area contributed by atoms with Crippen molar-refractivity contribution in [2.45, 2.75) is 26.7 Å². The van der Waals surface area contributed by atoms with E-state index in [1.54, 1.807) is 0 Å². The summed E-state index contributed by atoms with van der Waals surface area (Å²) in [6.45, 7) is 10.9. The third kappa shape index (κ3) is 4.45. The van der Waals surface area contributed by atoms with E-state index in [-0.39, 0.29) is 11.9 Å². The highest BCUT2D eigenvalue weighted by molar-refractivity contribution is 5.95. The molecule has 5 heteroatoms. The van der Waals surface area contributed by atoms with Gasteiger partial charge < -0.3 is 14.2 Å². The van der Waals surface area contributed by atoms with Crippen LogP contribution in [-0.4, -0.2) is 57.4 Å². The molecule has 1 saturated heterocycles. The fraction of sp³-hybridized carbons (Fsp3) is 0.611. The Morgan fingerprint density at radius 1 is 1.30 bits per heavy atom. The van der Waals surface area contributed by atoms with Crippen LogP contribution in [0.3, 0.4) is 0 Å². The van der Waals surface area contributed by atoms with Gasteiger partial charge in [-0.2, -0.15) is 0 Å². The predicted molar refractivity (Wildman–Crippen MR) is 89.4 cm³/mol. The lowest BCUT2D eigenvalue weighted by Crippen LogP contribution is -2.38. The molecular formula is C18H27NO4. The third-order valence-electron chi connectivity index (χ3n) is 4.16. The number of aryl methyl sites for hydroxylation is 1. The predicted octanol–water partition coefficient (Wildman–Crippen LogP) is 2.62. The largest absolute Gasteiger partial charge is 0.491 e. The molecular weight excluding hydrogens is 294 g/mol. The van der Waals surface area contributed by atoms with Crippen molar-refractivity contribution in [1.82, 2.24) is 4.90 Å². The number of ether oxygens (including phenoxy) is 3. The smallest absolute Gasteiger partial charge is 0.341 e. The van der Waals surface area contributed by atoms with Crippen LogP contribution < -0.4 is 4.74 Å². The van der Waals surface area contributed by atoms with Gasteiger partial charge in [-0.15, -0.1) is 0 Å². The number of morpholine rings is 1. The Bertz CT molecular complexity index is 536. The lowest BCUT2D eigenvalue weighted by Gasteiger charge is -2.27. The van der Waals surface area contributed by atoms with Crippen molar-refractivity contribution in [3.8, 4) is 5.75 Å². The van der Waals surface area contributed by atoms with Gasteiger partial charge in [-0.05, 0) is 24.0 Å². The highest BCUT2D eigenvalue weighted by Gasteiger charge is 2.22. The Morgan fingerprint density at radius 3 is 2.61 bits per heavy atom. The number of hydrogen-bond acceptors (Lipinski definition) is 5. The molecule has 0 bridgehead atoms. The zero-order chi connectivity index (χ0) is 16.8. The number of benzene rings is 1. The van der Waals surface area contributed by atoms with E-state index in [1.165, 1.54) is 7.11 Å². The van der Waals surface area contributed by atoms with Crippen LogP contribution >= 0.6 is 0 Å². The zero-order valence-electron chi connectivity index (χ0n) is 14.6. The minimum absolute atomic E-state index is 0.228. The van der Waals surface area contributed by atoms with Gasteiger partial charge in [-0.25, -0.2) is 4.79 Å². The summed E-state index contributed by atoms with van der Waals surface area (Å²) in [7, 11) is 1.41. The molecule has 128 valence electrons. The van der Waals surface area contributed by atoms with Crippen molar-refractivity contribution in [3.63, 3.8) is 0 Å². The molecule has 5 nitrogen and oxygen atoms in total. The van der Waals surface area contributed by atoms with Crippen molar-refractivity contribution in [1.29, 1.82) is 0 Å². The van der Waals surface area contributed by atoms with Gasteiger partial charge in [-0.3, -0.25) is 4.90 Å². The quantitative estimate of drug-likeness (QED) is 0.754. The normalized spacial score (nSPS) is 15.7. The molecule has 1 heterocycles. The molecule has 0 saturated carbocycles. The summed E-state index contributed by atoms with van der Waals surface area (Å²) >= 11 is 0. The summed E-state index contributed by atoms with van der Waals surface area (Å²) < 4.78 is 16.3. The van der Waals surface area contributed by atoms with Crippen LogP contribution in [0.1, 0.15) is 41.3 Å². The van der Waals surface area contributed by atoms with E-state index in [2.05, 4.69) is 18.7 Å². The summed E-state index contributed by atoms with van der Waals surface area (Å²) in [4.78, 5) is 14.6. The maximum Gasteiger partial charge on any atom is 0.341 e. The van der Waals surface area contributed by atoms with Gasteiger partial charge in [0.25, 0.3) is 0 Å². The minimum Gasteiger partial charge on any atom is -0.491 e. The van der Waals surface area contributed by atoms with Gasteiger partial charge in [0.2, 0.25) is 0 Å². The molecule has 2 rings (SSSR count). The number of carbonyl (C=O) groups is 1. The summed E-state index contributed by atoms with van der Waals surface area (Å²) in [5, 5.41) is 0. The maximum atomic E-state index is 12.2. The Hall–Kier alpha value is -1.59. The molecule has 0 spiro atoms. The van der Waals surface area contributed by atoms with E-state index in [0.29, 0.717) is 17.9 Å². The lowest BCUT2D eigenvalue weighted by atomic mass is 9.94. The highest BCUT2D eigenvalue weighted by atomic mass is 16.5. The summed E-state index contributed by atoms with van der Waals surface area (Å²) in [6.07, 6.45) is 0. The summed E-state index contributed by atoms with van der Waals surface area (Å²) in [5.74, 6) is 0.543. The summed E-state index contributed by atoms with van der Waals surface area (Å²) in [6, 6.07) is 3.99. The van der Waals surface area contributed by atoms with E-state index in [9.17, 15) is 4.79 Å². The Morgan fingerprint density at radius 2 is 2.00 bits per heavy atom. The third-order valence-corrected chi connectivity index (χ3v) is 4.16. The van der Waals surface area contributed by atoms with Crippen molar-refractivity contribution < 1.29 is 19.0 Å². The van der Waals surface area contributed by atoms with Crippen LogP contribution in [0.2, 0.25) is 0 Å². The Labute approximate surface area is 138 Å².